The van der Waals surface area contributed by atoms with E-state index in [0.717, 1.165) is 5.56 Å². The second kappa shape index (κ2) is 7.69. The van der Waals surface area contributed by atoms with Gasteiger partial charge in [-0.15, -0.1) is 0 Å². The summed E-state index contributed by atoms with van der Waals surface area (Å²) in [5.74, 6) is 1.44. The topological polar surface area (TPSA) is 69.7 Å². The van der Waals surface area contributed by atoms with Gasteiger partial charge in [-0.1, -0.05) is 11.6 Å². The lowest BCUT2D eigenvalue weighted by Gasteiger charge is -2.12. The number of hydrogen-bond acceptors (Lipinski definition) is 6. The molecule has 0 aliphatic carbocycles. The normalized spacial score (nSPS) is 10.1. The van der Waals surface area contributed by atoms with Crippen molar-refractivity contribution in [1.29, 1.82) is 0 Å². The SMILES string of the molecule is COC(=O)c1ccc(NCc2ccc(OC)cc2OC)nc1Cl. The number of aromatic nitrogens is 1. The summed E-state index contributed by atoms with van der Waals surface area (Å²) in [5.41, 5.74) is 1.16. The first kappa shape index (κ1) is 16.9. The van der Waals surface area contributed by atoms with Crippen LogP contribution in [-0.4, -0.2) is 32.3 Å². The van der Waals surface area contributed by atoms with E-state index in [-0.39, 0.29) is 10.7 Å². The molecule has 122 valence electrons. The summed E-state index contributed by atoms with van der Waals surface area (Å²) in [6, 6.07) is 8.77. The second-order valence-electron chi connectivity index (χ2n) is 4.56. The van der Waals surface area contributed by atoms with Crippen molar-refractivity contribution < 1.29 is 19.0 Å². The fourth-order valence-electron chi connectivity index (χ4n) is 1.98. The van der Waals surface area contributed by atoms with Crippen LogP contribution in [0.15, 0.2) is 30.3 Å². The Labute approximate surface area is 139 Å². The summed E-state index contributed by atoms with van der Waals surface area (Å²) >= 11 is 5.99. The fourth-order valence-corrected chi connectivity index (χ4v) is 2.21. The number of pyridine rings is 1. The van der Waals surface area contributed by atoms with Gasteiger partial charge in [0.15, 0.2) is 0 Å². The zero-order valence-electron chi connectivity index (χ0n) is 13.1. The fraction of sp³-hybridized carbons (Fsp3) is 0.250. The number of benzene rings is 1. The summed E-state index contributed by atoms with van der Waals surface area (Å²) in [6.45, 7) is 0.480. The van der Waals surface area contributed by atoms with Crippen molar-refractivity contribution in [2.45, 2.75) is 6.54 Å². The zero-order chi connectivity index (χ0) is 16.8. The minimum absolute atomic E-state index is 0.0866. The van der Waals surface area contributed by atoms with Crippen molar-refractivity contribution >= 4 is 23.4 Å². The van der Waals surface area contributed by atoms with Gasteiger partial charge in [-0.3, -0.25) is 0 Å². The lowest BCUT2D eigenvalue weighted by molar-refractivity contribution is 0.0600. The molecule has 1 N–H and O–H groups in total. The highest BCUT2D eigenvalue weighted by Crippen LogP contribution is 2.25. The Hall–Kier alpha value is -2.47. The highest BCUT2D eigenvalue weighted by Gasteiger charge is 2.12. The Bertz CT molecular complexity index is 706. The van der Waals surface area contributed by atoms with Crippen LogP contribution in [0.25, 0.3) is 0 Å². The summed E-state index contributed by atoms with van der Waals surface area (Å²) < 4.78 is 15.1. The van der Waals surface area contributed by atoms with E-state index in [9.17, 15) is 4.79 Å². The average Bonchev–Trinajstić information content (AvgIpc) is 2.59. The van der Waals surface area contributed by atoms with Gasteiger partial charge in [-0.2, -0.15) is 0 Å². The van der Waals surface area contributed by atoms with E-state index < -0.39 is 5.97 Å². The van der Waals surface area contributed by atoms with Crippen LogP contribution < -0.4 is 14.8 Å². The van der Waals surface area contributed by atoms with E-state index in [0.29, 0.717) is 23.9 Å². The minimum Gasteiger partial charge on any atom is -0.497 e. The van der Waals surface area contributed by atoms with Gasteiger partial charge >= 0.3 is 5.97 Å². The first-order chi connectivity index (χ1) is 11.1. The van der Waals surface area contributed by atoms with Crippen LogP contribution in [0, 0.1) is 0 Å². The molecule has 0 bridgehead atoms. The molecule has 0 unspecified atom stereocenters. The molecule has 0 fully saturated rings. The summed E-state index contributed by atoms with van der Waals surface area (Å²) in [6.07, 6.45) is 0. The lowest BCUT2D eigenvalue weighted by atomic mass is 10.2. The molecule has 0 saturated heterocycles. The third-order valence-electron chi connectivity index (χ3n) is 3.21. The molecule has 0 spiro atoms. The van der Waals surface area contributed by atoms with E-state index >= 15 is 0 Å². The van der Waals surface area contributed by atoms with Crippen LogP contribution in [0.3, 0.4) is 0 Å². The van der Waals surface area contributed by atoms with Gasteiger partial charge in [-0.05, 0) is 24.3 Å². The Morgan fingerprint density at radius 1 is 1.17 bits per heavy atom. The average molecular weight is 337 g/mol. The molecule has 0 aliphatic heterocycles. The standard InChI is InChI=1S/C16H17ClN2O4/c1-21-11-5-4-10(13(8-11)22-2)9-18-14-7-6-12(15(17)19-14)16(20)23-3/h4-8H,9H2,1-3H3,(H,18,19). The summed E-state index contributed by atoms with van der Waals surface area (Å²) in [7, 11) is 4.49. The quantitative estimate of drug-likeness (QED) is 0.645. The Morgan fingerprint density at radius 2 is 1.96 bits per heavy atom. The van der Waals surface area contributed by atoms with Crippen molar-refractivity contribution in [1.82, 2.24) is 4.98 Å². The molecule has 7 heteroatoms. The zero-order valence-corrected chi connectivity index (χ0v) is 13.8. The Balaban J connectivity index is 2.12. The molecule has 2 rings (SSSR count). The van der Waals surface area contributed by atoms with Gasteiger partial charge in [0.25, 0.3) is 0 Å². The molecular weight excluding hydrogens is 320 g/mol. The van der Waals surface area contributed by atoms with Crippen LogP contribution in [0.2, 0.25) is 5.15 Å². The second-order valence-corrected chi connectivity index (χ2v) is 4.92. The maximum atomic E-state index is 11.5. The Kier molecular flexibility index (Phi) is 5.65. The lowest BCUT2D eigenvalue weighted by Crippen LogP contribution is -2.07. The van der Waals surface area contributed by atoms with Gasteiger partial charge in [-0.25, -0.2) is 9.78 Å². The highest BCUT2D eigenvalue weighted by atomic mass is 35.5. The van der Waals surface area contributed by atoms with Gasteiger partial charge < -0.3 is 19.5 Å². The first-order valence-corrected chi connectivity index (χ1v) is 7.16. The summed E-state index contributed by atoms with van der Waals surface area (Å²) in [4.78, 5) is 15.6. The maximum Gasteiger partial charge on any atom is 0.341 e. The van der Waals surface area contributed by atoms with Gasteiger partial charge in [0, 0.05) is 18.2 Å². The number of halogens is 1. The number of nitrogens with one attached hydrogen (secondary N) is 1. The number of esters is 1. The molecule has 0 aliphatic rings. The molecule has 2 aromatic rings. The molecule has 0 amide bonds. The van der Waals surface area contributed by atoms with Crippen molar-refractivity contribution in [3.63, 3.8) is 0 Å². The van der Waals surface area contributed by atoms with Gasteiger partial charge in [0.05, 0.1) is 26.9 Å². The van der Waals surface area contributed by atoms with Crippen molar-refractivity contribution in [3.8, 4) is 11.5 Å². The molecule has 6 nitrogen and oxygen atoms in total. The molecular formula is C16H17ClN2O4. The van der Waals surface area contributed by atoms with Gasteiger partial charge in [0.2, 0.25) is 0 Å². The van der Waals surface area contributed by atoms with Crippen molar-refractivity contribution in [2.24, 2.45) is 0 Å². The molecule has 23 heavy (non-hydrogen) atoms. The largest absolute Gasteiger partial charge is 0.497 e. The number of hydrogen-bond donors (Lipinski definition) is 1. The monoisotopic (exact) mass is 336 g/mol. The number of carbonyl (C=O) groups excluding carboxylic acids is 1. The number of nitrogens with zero attached hydrogens (tertiary/aromatic N) is 1. The first-order valence-electron chi connectivity index (χ1n) is 6.78. The van der Waals surface area contributed by atoms with E-state index in [1.807, 2.05) is 12.1 Å². The predicted molar refractivity (Wildman–Crippen MR) is 87.5 cm³/mol. The molecule has 0 saturated carbocycles. The van der Waals surface area contributed by atoms with Crippen molar-refractivity contribution in [3.05, 3.63) is 46.6 Å². The molecule has 0 radical (unpaired) electrons. The van der Waals surface area contributed by atoms with E-state index in [1.54, 1.807) is 32.4 Å². The smallest absolute Gasteiger partial charge is 0.341 e. The maximum absolute atomic E-state index is 11.5. The minimum atomic E-state index is -0.522. The van der Waals surface area contributed by atoms with Crippen LogP contribution >= 0.6 is 11.6 Å². The number of ether oxygens (including phenoxy) is 3. The van der Waals surface area contributed by atoms with Crippen LogP contribution in [0.5, 0.6) is 11.5 Å². The predicted octanol–water partition coefficient (Wildman–Crippen LogP) is 3.15. The van der Waals surface area contributed by atoms with E-state index in [1.165, 1.54) is 7.11 Å². The highest BCUT2D eigenvalue weighted by molar-refractivity contribution is 6.32. The third kappa shape index (κ3) is 4.04. The van der Waals surface area contributed by atoms with Gasteiger partial charge in [0.1, 0.15) is 22.5 Å². The number of carbonyl (C=O) groups is 1. The molecule has 0 atom stereocenters. The van der Waals surface area contributed by atoms with Crippen LogP contribution in [-0.2, 0) is 11.3 Å². The van der Waals surface area contributed by atoms with Crippen LogP contribution in [0.1, 0.15) is 15.9 Å². The van der Waals surface area contributed by atoms with Crippen LogP contribution in [0.4, 0.5) is 5.82 Å². The number of methoxy groups -OCH3 is 3. The molecule has 1 aromatic carbocycles. The Morgan fingerprint density at radius 3 is 2.57 bits per heavy atom. The van der Waals surface area contributed by atoms with E-state index in [4.69, 9.17) is 21.1 Å². The summed E-state index contributed by atoms with van der Waals surface area (Å²) in [5, 5.41) is 3.22. The van der Waals surface area contributed by atoms with E-state index in [2.05, 4.69) is 15.0 Å². The molecule has 1 aromatic heterocycles. The van der Waals surface area contributed by atoms with Crippen molar-refractivity contribution in [2.75, 3.05) is 26.6 Å². The molecule has 1 heterocycles. The number of anilines is 1. The number of rotatable bonds is 6. The third-order valence-corrected chi connectivity index (χ3v) is 3.50.